The molecule has 1 aliphatic heterocycles. The van der Waals surface area contributed by atoms with Crippen molar-refractivity contribution in [1.82, 2.24) is 15.2 Å². The number of amides is 1. The molecule has 2 rings (SSSR count). The minimum atomic E-state index is -0.453. The highest BCUT2D eigenvalue weighted by atomic mass is 79.9. The van der Waals surface area contributed by atoms with Crippen LogP contribution < -0.4 is 5.32 Å². The molecule has 1 aliphatic rings. The zero-order valence-electron chi connectivity index (χ0n) is 12.7. The molecule has 21 heavy (non-hydrogen) atoms. The second kappa shape index (κ2) is 6.75. The fraction of sp³-hybridized carbons (Fsp3) is 0.600. The Morgan fingerprint density at radius 2 is 2.29 bits per heavy atom. The zero-order chi connectivity index (χ0) is 15.5. The van der Waals surface area contributed by atoms with Gasteiger partial charge in [-0.25, -0.2) is 9.78 Å². The maximum atomic E-state index is 11.8. The van der Waals surface area contributed by atoms with E-state index >= 15 is 0 Å². The average Bonchev–Trinajstić information content (AvgIpc) is 2.77. The molecular weight excluding hydrogens is 334 g/mol. The number of rotatable bonds is 3. The van der Waals surface area contributed by atoms with Crippen molar-refractivity contribution < 1.29 is 9.53 Å². The van der Waals surface area contributed by atoms with Crippen molar-refractivity contribution in [3.63, 3.8) is 0 Å². The summed E-state index contributed by atoms with van der Waals surface area (Å²) in [7, 11) is 0. The van der Waals surface area contributed by atoms with Crippen LogP contribution >= 0.6 is 15.9 Å². The summed E-state index contributed by atoms with van der Waals surface area (Å²) in [5.41, 5.74) is 0.724. The molecule has 1 atom stereocenters. The van der Waals surface area contributed by atoms with Crippen LogP contribution in [0.25, 0.3) is 0 Å². The molecule has 1 aromatic rings. The topological polar surface area (TPSA) is 54.5 Å². The van der Waals surface area contributed by atoms with Crippen molar-refractivity contribution in [1.29, 1.82) is 0 Å². The van der Waals surface area contributed by atoms with Crippen LogP contribution in [0.15, 0.2) is 22.9 Å². The predicted molar refractivity (Wildman–Crippen MR) is 85.0 cm³/mol. The molecule has 1 aromatic heterocycles. The quantitative estimate of drug-likeness (QED) is 0.847. The van der Waals surface area contributed by atoms with Gasteiger partial charge in [0, 0.05) is 31.9 Å². The summed E-state index contributed by atoms with van der Waals surface area (Å²) in [5, 5.41) is 2.93. The Morgan fingerprint density at radius 3 is 2.90 bits per heavy atom. The fourth-order valence-electron chi connectivity index (χ4n) is 2.33. The first-order chi connectivity index (χ1) is 9.82. The van der Waals surface area contributed by atoms with Gasteiger partial charge in [0.15, 0.2) is 0 Å². The standard InChI is InChI=1S/C15H22BrN3O2/c1-15(2,3)21-14(20)18-12-6-7-19(10-12)9-11-4-5-13(16)17-8-11/h4-5,8,12H,6-7,9-10H2,1-3H3,(H,18,20). The van der Waals surface area contributed by atoms with Crippen molar-refractivity contribution >= 4 is 22.0 Å². The molecule has 0 aromatic carbocycles. The van der Waals surface area contributed by atoms with Gasteiger partial charge in [-0.15, -0.1) is 0 Å². The Labute approximate surface area is 134 Å². The molecule has 116 valence electrons. The summed E-state index contributed by atoms with van der Waals surface area (Å²) in [4.78, 5) is 18.3. The first-order valence-corrected chi connectivity index (χ1v) is 7.93. The largest absolute Gasteiger partial charge is 0.444 e. The third-order valence-electron chi connectivity index (χ3n) is 3.19. The normalized spacial score (nSPS) is 19.5. The van der Waals surface area contributed by atoms with E-state index in [1.807, 2.05) is 33.0 Å². The van der Waals surface area contributed by atoms with E-state index in [9.17, 15) is 4.79 Å². The van der Waals surface area contributed by atoms with Gasteiger partial charge in [-0.05, 0) is 54.8 Å². The Balaban J connectivity index is 1.78. The summed E-state index contributed by atoms with van der Waals surface area (Å²) in [6, 6.07) is 4.16. The number of carbonyl (C=O) groups excluding carboxylic acids is 1. The maximum absolute atomic E-state index is 11.8. The van der Waals surface area contributed by atoms with Crippen LogP contribution in [0, 0.1) is 0 Å². The molecule has 1 N–H and O–H groups in total. The highest BCUT2D eigenvalue weighted by Gasteiger charge is 2.26. The second-order valence-corrected chi connectivity index (χ2v) is 7.17. The van der Waals surface area contributed by atoms with Crippen molar-refractivity contribution in [2.24, 2.45) is 0 Å². The van der Waals surface area contributed by atoms with Gasteiger partial charge >= 0.3 is 6.09 Å². The van der Waals surface area contributed by atoms with E-state index in [1.54, 1.807) is 0 Å². The van der Waals surface area contributed by atoms with E-state index in [0.29, 0.717) is 0 Å². The van der Waals surface area contributed by atoms with E-state index in [-0.39, 0.29) is 12.1 Å². The Kier molecular flexibility index (Phi) is 5.22. The highest BCUT2D eigenvalue weighted by molar-refractivity contribution is 9.10. The molecule has 5 nitrogen and oxygen atoms in total. The first-order valence-electron chi connectivity index (χ1n) is 7.14. The molecule has 0 saturated carbocycles. The SMILES string of the molecule is CC(C)(C)OC(=O)NC1CCN(Cc2ccc(Br)nc2)C1. The number of halogens is 1. The fourth-order valence-corrected chi connectivity index (χ4v) is 2.56. The lowest BCUT2D eigenvalue weighted by Gasteiger charge is -2.22. The Bertz CT molecular complexity index is 485. The van der Waals surface area contributed by atoms with E-state index < -0.39 is 5.60 Å². The van der Waals surface area contributed by atoms with Gasteiger partial charge in [0.1, 0.15) is 10.2 Å². The molecule has 1 fully saturated rings. The monoisotopic (exact) mass is 355 g/mol. The van der Waals surface area contributed by atoms with Gasteiger partial charge < -0.3 is 10.1 Å². The van der Waals surface area contributed by atoms with Crippen LogP contribution in [0.3, 0.4) is 0 Å². The molecule has 1 saturated heterocycles. The van der Waals surface area contributed by atoms with Gasteiger partial charge in [0.2, 0.25) is 0 Å². The molecule has 0 spiro atoms. The summed E-state index contributed by atoms with van der Waals surface area (Å²) >= 11 is 3.33. The van der Waals surface area contributed by atoms with E-state index in [2.05, 4.69) is 37.2 Å². The maximum Gasteiger partial charge on any atom is 0.407 e. The molecule has 1 amide bonds. The summed E-state index contributed by atoms with van der Waals surface area (Å²) in [6.45, 7) is 8.27. The van der Waals surface area contributed by atoms with E-state index in [4.69, 9.17) is 4.74 Å². The third kappa shape index (κ3) is 5.63. The van der Waals surface area contributed by atoms with Gasteiger partial charge in [0.05, 0.1) is 0 Å². The first kappa shape index (κ1) is 16.2. The number of hydrogen-bond acceptors (Lipinski definition) is 4. The third-order valence-corrected chi connectivity index (χ3v) is 3.66. The number of carbonyl (C=O) groups is 1. The van der Waals surface area contributed by atoms with E-state index in [0.717, 1.165) is 30.7 Å². The minimum absolute atomic E-state index is 0.156. The molecule has 1 unspecified atom stereocenters. The molecular formula is C15H22BrN3O2. The summed E-state index contributed by atoms with van der Waals surface area (Å²) < 4.78 is 6.13. The molecule has 0 radical (unpaired) electrons. The zero-order valence-corrected chi connectivity index (χ0v) is 14.3. The number of nitrogens with one attached hydrogen (secondary N) is 1. The minimum Gasteiger partial charge on any atom is -0.444 e. The Morgan fingerprint density at radius 1 is 1.52 bits per heavy atom. The van der Waals surface area contributed by atoms with Crippen molar-refractivity contribution in [2.75, 3.05) is 13.1 Å². The van der Waals surface area contributed by atoms with Crippen LogP contribution in [0.5, 0.6) is 0 Å². The Hall–Kier alpha value is -1.14. The number of alkyl carbamates (subject to hydrolysis) is 1. The van der Waals surface area contributed by atoms with Crippen LogP contribution in [0.4, 0.5) is 4.79 Å². The molecule has 2 heterocycles. The molecule has 6 heteroatoms. The van der Waals surface area contributed by atoms with Crippen LogP contribution in [0.1, 0.15) is 32.8 Å². The number of aromatic nitrogens is 1. The lowest BCUT2D eigenvalue weighted by atomic mass is 10.2. The number of nitrogens with zero attached hydrogens (tertiary/aromatic N) is 2. The number of likely N-dealkylation sites (tertiary alicyclic amines) is 1. The van der Waals surface area contributed by atoms with Crippen molar-refractivity contribution in [3.8, 4) is 0 Å². The highest BCUT2D eigenvalue weighted by Crippen LogP contribution is 2.15. The van der Waals surface area contributed by atoms with Gasteiger partial charge in [-0.2, -0.15) is 0 Å². The lowest BCUT2D eigenvalue weighted by molar-refractivity contribution is 0.0506. The predicted octanol–water partition coefficient (Wildman–Crippen LogP) is 2.94. The number of ether oxygens (including phenoxy) is 1. The number of hydrogen-bond donors (Lipinski definition) is 1. The van der Waals surface area contributed by atoms with Crippen LogP contribution in [0.2, 0.25) is 0 Å². The van der Waals surface area contributed by atoms with Crippen molar-refractivity contribution in [3.05, 3.63) is 28.5 Å². The summed E-state index contributed by atoms with van der Waals surface area (Å²) in [6.07, 6.45) is 2.49. The summed E-state index contributed by atoms with van der Waals surface area (Å²) in [5.74, 6) is 0. The molecule has 0 aliphatic carbocycles. The van der Waals surface area contributed by atoms with Gasteiger partial charge in [0.25, 0.3) is 0 Å². The second-order valence-electron chi connectivity index (χ2n) is 6.36. The number of pyridine rings is 1. The smallest absolute Gasteiger partial charge is 0.407 e. The van der Waals surface area contributed by atoms with Crippen LogP contribution in [-0.2, 0) is 11.3 Å². The van der Waals surface area contributed by atoms with Gasteiger partial charge in [-0.3, -0.25) is 4.90 Å². The van der Waals surface area contributed by atoms with E-state index in [1.165, 1.54) is 5.56 Å². The lowest BCUT2D eigenvalue weighted by Crippen LogP contribution is -2.40. The van der Waals surface area contributed by atoms with Gasteiger partial charge in [-0.1, -0.05) is 6.07 Å². The molecule has 0 bridgehead atoms. The van der Waals surface area contributed by atoms with Crippen molar-refractivity contribution in [2.45, 2.75) is 45.4 Å². The van der Waals surface area contributed by atoms with Crippen LogP contribution in [-0.4, -0.2) is 40.7 Å². The average molecular weight is 356 g/mol.